The summed E-state index contributed by atoms with van der Waals surface area (Å²) in [5.74, 6) is 0. The van der Waals surface area contributed by atoms with E-state index in [1.54, 1.807) is 0 Å². The standard InChI is InChI=1S/C15H26N2O2/c1-7-17(8-2)12-11(13(18)14(12)19)16(6)10-9-15(3,4)5/h7-10H2,1-6H3. The van der Waals surface area contributed by atoms with Crippen molar-refractivity contribution in [1.29, 1.82) is 0 Å². The Hall–Kier alpha value is -1.32. The largest absolute Gasteiger partial charge is 0.369 e. The molecule has 0 bridgehead atoms. The lowest BCUT2D eigenvalue weighted by molar-refractivity contribution is 0.381. The molecular weight excluding hydrogens is 240 g/mol. The zero-order chi connectivity index (χ0) is 14.8. The predicted molar refractivity (Wildman–Crippen MR) is 82.3 cm³/mol. The van der Waals surface area contributed by atoms with E-state index in [-0.39, 0.29) is 16.3 Å². The van der Waals surface area contributed by atoms with Gasteiger partial charge < -0.3 is 9.80 Å². The molecule has 1 aromatic carbocycles. The van der Waals surface area contributed by atoms with Crippen molar-refractivity contribution < 1.29 is 0 Å². The van der Waals surface area contributed by atoms with Crippen molar-refractivity contribution in [3.63, 3.8) is 0 Å². The molecular formula is C15H26N2O2. The van der Waals surface area contributed by atoms with Gasteiger partial charge in [0.1, 0.15) is 11.4 Å². The van der Waals surface area contributed by atoms with E-state index in [2.05, 4.69) is 20.8 Å². The predicted octanol–water partition coefficient (Wildman–Crippen LogP) is 2.00. The minimum atomic E-state index is -0.335. The van der Waals surface area contributed by atoms with Gasteiger partial charge in [-0.2, -0.15) is 0 Å². The number of rotatable bonds is 6. The number of hydrogen-bond donors (Lipinski definition) is 0. The lowest BCUT2D eigenvalue weighted by Crippen LogP contribution is -2.45. The third kappa shape index (κ3) is 3.37. The van der Waals surface area contributed by atoms with E-state index in [0.717, 1.165) is 26.1 Å². The molecule has 108 valence electrons. The summed E-state index contributed by atoms with van der Waals surface area (Å²) in [6.45, 7) is 12.8. The first kappa shape index (κ1) is 15.7. The summed E-state index contributed by atoms with van der Waals surface area (Å²) in [6.07, 6.45) is 0.986. The molecule has 0 aliphatic carbocycles. The van der Waals surface area contributed by atoms with Crippen molar-refractivity contribution >= 4 is 11.4 Å². The summed E-state index contributed by atoms with van der Waals surface area (Å²) in [5.41, 5.74) is 0.755. The monoisotopic (exact) mass is 266 g/mol. The lowest BCUT2D eigenvalue weighted by Gasteiger charge is -2.31. The smallest absolute Gasteiger partial charge is 0.253 e. The van der Waals surface area contributed by atoms with E-state index in [1.165, 1.54) is 0 Å². The van der Waals surface area contributed by atoms with Crippen LogP contribution in [-0.4, -0.2) is 26.7 Å². The van der Waals surface area contributed by atoms with Crippen molar-refractivity contribution in [2.75, 3.05) is 36.5 Å². The molecule has 19 heavy (non-hydrogen) atoms. The second-order valence-corrected chi connectivity index (χ2v) is 6.26. The van der Waals surface area contributed by atoms with Crippen molar-refractivity contribution in [2.45, 2.75) is 41.0 Å². The molecule has 0 atom stereocenters. The first-order chi connectivity index (χ1) is 8.72. The maximum Gasteiger partial charge on any atom is 0.253 e. The zero-order valence-electron chi connectivity index (χ0n) is 13.0. The quantitative estimate of drug-likeness (QED) is 0.738. The van der Waals surface area contributed by atoms with Gasteiger partial charge in [-0.3, -0.25) is 9.59 Å². The van der Waals surface area contributed by atoms with Crippen LogP contribution in [0.4, 0.5) is 11.4 Å². The summed E-state index contributed by atoms with van der Waals surface area (Å²) in [6, 6.07) is 0. The molecule has 4 nitrogen and oxygen atoms in total. The van der Waals surface area contributed by atoms with Gasteiger partial charge in [-0.05, 0) is 25.7 Å². The summed E-state index contributed by atoms with van der Waals surface area (Å²) in [4.78, 5) is 27.5. The summed E-state index contributed by atoms with van der Waals surface area (Å²) in [5, 5.41) is 0. The highest BCUT2D eigenvalue weighted by atomic mass is 16.2. The van der Waals surface area contributed by atoms with Gasteiger partial charge in [0.05, 0.1) is 0 Å². The van der Waals surface area contributed by atoms with Gasteiger partial charge in [-0.25, -0.2) is 0 Å². The van der Waals surface area contributed by atoms with E-state index >= 15 is 0 Å². The van der Waals surface area contributed by atoms with Crippen molar-refractivity contribution in [2.24, 2.45) is 5.41 Å². The van der Waals surface area contributed by atoms with Gasteiger partial charge >= 0.3 is 0 Å². The first-order valence-electron chi connectivity index (χ1n) is 7.02. The van der Waals surface area contributed by atoms with E-state index in [1.807, 2.05) is 30.7 Å². The molecule has 1 rings (SSSR count). The summed E-state index contributed by atoms with van der Waals surface area (Å²) < 4.78 is 0. The highest BCUT2D eigenvalue weighted by Gasteiger charge is 2.27. The fourth-order valence-corrected chi connectivity index (χ4v) is 2.17. The van der Waals surface area contributed by atoms with Crippen LogP contribution < -0.4 is 20.7 Å². The van der Waals surface area contributed by atoms with Crippen LogP contribution in [0.25, 0.3) is 0 Å². The molecule has 0 amide bonds. The topological polar surface area (TPSA) is 40.6 Å². The van der Waals surface area contributed by atoms with Crippen molar-refractivity contribution in [3.8, 4) is 0 Å². The Morgan fingerprint density at radius 1 is 0.947 bits per heavy atom. The molecule has 0 fully saturated rings. The highest BCUT2D eigenvalue weighted by Crippen LogP contribution is 2.25. The second-order valence-electron chi connectivity index (χ2n) is 6.26. The van der Waals surface area contributed by atoms with Gasteiger partial charge in [0.2, 0.25) is 0 Å². The van der Waals surface area contributed by atoms with Crippen LogP contribution in [0.5, 0.6) is 0 Å². The molecule has 0 unspecified atom stereocenters. The third-order valence-electron chi connectivity index (χ3n) is 3.52. The van der Waals surface area contributed by atoms with Gasteiger partial charge in [0.25, 0.3) is 10.9 Å². The van der Waals surface area contributed by atoms with Crippen molar-refractivity contribution in [1.82, 2.24) is 0 Å². The van der Waals surface area contributed by atoms with Crippen LogP contribution in [0.1, 0.15) is 41.0 Å². The number of nitrogens with zero attached hydrogens (tertiary/aromatic N) is 2. The molecule has 0 saturated heterocycles. The Labute approximate surface area is 115 Å². The Morgan fingerprint density at radius 3 is 1.84 bits per heavy atom. The highest BCUT2D eigenvalue weighted by molar-refractivity contribution is 5.76. The second kappa shape index (κ2) is 5.76. The van der Waals surface area contributed by atoms with E-state index < -0.39 is 0 Å². The Morgan fingerprint density at radius 2 is 1.42 bits per heavy atom. The molecule has 0 radical (unpaired) electrons. The van der Waals surface area contributed by atoms with Crippen LogP contribution in [0.3, 0.4) is 0 Å². The maximum atomic E-state index is 11.8. The van der Waals surface area contributed by atoms with Crippen LogP contribution in [-0.2, 0) is 0 Å². The maximum absolute atomic E-state index is 11.8. The van der Waals surface area contributed by atoms with E-state index in [4.69, 9.17) is 0 Å². The molecule has 0 saturated carbocycles. The fourth-order valence-electron chi connectivity index (χ4n) is 2.17. The average Bonchev–Trinajstić information content (AvgIpc) is 2.34. The van der Waals surface area contributed by atoms with E-state index in [9.17, 15) is 9.59 Å². The molecule has 0 aromatic heterocycles. The normalized spacial score (nSPS) is 11.9. The van der Waals surface area contributed by atoms with Gasteiger partial charge in [0, 0.05) is 26.7 Å². The molecule has 1 aromatic rings. The molecule has 0 heterocycles. The van der Waals surface area contributed by atoms with Crippen LogP contribution in [0.2, 0.25) is 0 Å². The SMILES string of the molecule is CCN(CC)c1c(N(C)CCC(C)(C)C)c(=O)c1=O. The van der Waals surface area contributed by atoms with Gasteiger partial charge in [-0.15, -0.1) is 0 Å². The summed E-state index contributed by atoms with van der Waals surface area (Å²) in [7, 11) is 1.90. The van der Waals surface area contributed by atoms with Crippen LogP contribution >= 0.6 is 0 Å². The van der Waals surface area contributed by atoms with Gasteiger partial charge in [-0.1, -0.05) is 20.8 Å². The zero-order valence-corrected chi connectivity index (χ0v) is 13.0. The molecule has 0 N–H and O–H groups in total. The van der Waals surface area contributed by atoms with Gasteiger partial charge in [0.15, 0.2) is 0 Å². The van der Waals surface area contributed by atoms with E-state index in [0.29, 0.717) is 11.4 Å². The fraction of sp³-hybridized carbons (Fsp3) is 0.733. The lowest BCUT2D eigenvalue weighted by atomic mass is 9.92. The minimum Gasteiger partial charge on any atom is -0.369 e. The third-order valence-corrected chi connectivity index (χ3v) is 3.52. The Bertz CT molecular complexity index is 489. The first-order valence-corrected chi connectivity index (χ1v) is 7.02. The Balaban J connectivity index is 2.92. The average molecular weight is 266 g/mol. The molecule has 0 aliphatic rings. The molecule has 0 spiro atoms. The number of anilines is 2. The Kier molecular flexibility index (Phi) is 4.77. The summed E-state index contributed by atoms with van der Waals surface area (Å²) >= 11 is 0. The van der Waals surface area contributed by atoms with Crippen molar-refractivity contribution in [3.05, 3.63) is 20.4 Å². The van der Waals surface area contributed by atoms with Crippen LogP contribution in [0, 0.1) is 5.41 Å². The molecule has 0 aliphatic heterocycles. The minimum absolute atomic E-state index is 0.223. The molecule has 4 heteroatoms. The number of hydrogen-bond acceptors (Lipinski definition) is 4. The van der Waals surface area contributed by atoms with Crippen LogP contribution in [0.15, 0.2) is 9.59 Å².